The number of hydrogen-bond acceptors (Lipinski definition) is 1. The zero-order valence-electron chi connectivity index (χ0n) is 10.1. The number of rotatable bonds is 2. The summed E-state index contributed by atoms with van der Waals surface area (Å²) in [6.07, 6.45) is -4.69. The third kappa shape index (κ3) is 2.70. The van der Waals surface area contributed by atoms with Gasteiger partial charge in [0.15, 0.2) is 0 Å². The molecule has 0 heterocycles. The lowest BCUT2D eigenvalue weighted by molar-refractivity contribution is -0.139. The largest absolute Gasteiger partial charge is 0.419 e. The van der Waals surface area contributed by atoms with Gasteiger partial charge in [-0.3, -0.25) is 0 Å². The minimum absolute atomic E-state index is 0.0579. The number of halogens is 4. The minimum atomic E-state index is -4.69. The Bertz CT molecular complexity index is 573. The summed E-state index contributed by atoms with van der Waals surface area (Å²) < 4.78 is 51.7. The van der Waals surface area contributed by atoms with Crippen LogP contribution in [0.15, 0.2) is 42.5 Å². The van der Waals surface area contributed by atoms with E-state index in [1.807, 2.05) is 0 Å². The second-order valence-electron chi connectivity index (χ2n) is 3.99. The Morgan fingerprint density at radius 3 is 2.11 bits per heavy atom. The molecule has 0 spiro atoms. The van der Waals surface area contributed by atoms with Crippen molar-refractivity contribution in [3.8, 4) is 11.1 Å². The Kier molecular flexibility index (Phi) is 3.46. The van der Waals surface area contributed by atoms with Gasteiger partial charge in [0, 0.05) is 18.3 Å². The number of alkyl halides is 3. The third-order valence-electron chi connectivity index (χ3n) is 2.79. The van der Waals surface area contributed by atoms with Gasteiger partial charge in [-0.15, -0.1) is 0 Å². The molecular weight excluding hydrogens is 258 g/mol. The van der Waals surface area contributed by atoms with Gasteiger partial charge in [0.05, 0.1) is 5.56 Å². The van der Waals surface area contributed by atoms with E-state index in [0.717, 1.165) is 11.8 Å². The van der Waals surface area contributed by atoms with Crippen molar-refractivity contribution in [2.75, 3.05) is 12.4 Å². The average Bonchev–Trinajstić information content (AvgIpc) is 2.38. The smallest absolute Gasteiger partial charge is 0.388 e. The van der Waals surface area contributed by atoms with E-state index in [2.05, 4.69) is 5.32 Å². The molecule has 0 radical (unpaired) electrons. The molecule has 0 unspecified atom stereocenters. The van der Waals surface area contributed by atoms with Crippen molar-refractivity contribution in [2.45, 2.75) is 6.18 Å². The zero-order chi connectivity index (χ0) is 14.0. The second-order valence-corrected chi connectivity index (χ2v) is 3.99. The molecule has 0 aliphatic carbocycles. The summed E-state index contributed by atoms with van der Waals surface area (Å²) in [5, 5.41) is 2.88. The van der Waals surface area contributed by atoms with Gasteiger partial charge in [-0.05, 0) is 23.8 Å². The van der Waals surface area contributed by atoms with Gasteiger partial charge in [-0.1, -0.05) is 24.3 Å². The van der Waals surface area contributed by atoms with Gasteiger partial charge in [-0.2, -0.15) is 13.2 Å². The van der Waals surface area contributed by atoms with Crippen molar-refractivity contribution in [3.63, 3.8) is 0 Å². The molecule has 0 aliphatic rings. The summed E-state index contributed by atoms with van der Waals surface area (Å²) in [5.41, 5.74) is -0.0982. The minimum Gasteiger partial charge on any atom is -0.388 e. The van der Waals surface area contributed by atoms with Gasteiger partial charge in [0.2, 0.25) is 0 Å². The Morgan fingerprint density at radius 1 is 0.947 bits per heavy atom. The maximum Gasteiger partial charge on any atom is 0.419 e. The molecule has 0 aliphatic heterocycles. The molecule has 1 N–H and O–H groups in total. The maximum atomic E-state index is 13.9. The first-order valence-corrected chi connectivity index (χ1v) is 5.57. The molecule has 100 valence electrons. The van der Waals surface area contributed by atoms with Crippen LogP contribution in [-0.4, -0.2) is 7.05 Å². The molecule has 0 fully saturated rings. The standard InChI is InChI=1S/C14H11F4N/c1-19-10-7-5-9(6-8-10)11-3-2-4-12(13(11)15)14(16,17)18/h2-8,19H,1H3. The van der Waals surface area contributed by atoms with Crippen LogP contribution >= 0.6 is 0 Å². The molecule has 2 aromatic rings. The lowest BCUT2D eigenvalue weighted by Gasteiger charge is -2.11. The molecule has 0 saturated heterocycles. The Labute approximate surface area is 107 Å². The zero-order valence-corrected chi connectivity index (χ0v) is 10.1. The highest BCUT2D eigenvalue weighted by Crippen LogP contribution is 2.35. The molecular formula is C14H11F4N. The lowest BCUT2D eigenvalue weighted by atomic mass is 10.0. The molecule has 2 rings (SSSR count). The van der Waals surface area contributed by atoms with E-state index in [1.165, 1.54) is 12.1 Å². The Morgan fingerprint density at radius 2 is 1.58 bits per heavy atom. The normalized spacial score (nSPS) is 11.4. The molecule has 5 heteroatoms. The number of nitrogens with one attached hydrogen (secondary N) is 1. The Hall–Kier alpha value is -2.04. The Balaban J connectivity index is 2.50. The third-order valence-corrected chi connectivity index (χ3v) is 2.79. The van der Waals surface area contributed by atoms with E-state index >= 15 is 0 Å². The molecule has 2 aromatic carbocycles. The first kappa shape index (κ1) is 13.4. The molecule has 0 saturated carbocycles. The number of hydrogen-bond donors (Lipinski definition) is 1. The predicted octanol–water partition coefficient (Wildman–Crippen LogP) is 4.55. The molecule has 0 aromatic heterocycles. The van der Waals surface area contributed by atoms with Gasteiger partial charge < -0.3 is 5.32 Å². The van der Waals surface area contributed by atoms with Gasteiger partial charge in [0.25, 0.3) is 0 Å². The first-order valence-electron chi connectivity index (χ1n) is 5.57. The summed E-state index contributed by atoms with van der Waals surface area (Å²) in [4.78, 5) is 0. The van der Waals surface area contributed by atoms with Crippen LogP contribution in [0.25, 0.3) is 11.1 Å². The van der Waals surface area contributed by atoms with E-state index < -0.39 is 17.6 Å². The lowest BCUT2D eigenvalue weighted by Crippen LogP contribution is -2.08. The fraction of sp³-hybridized carbons (Fsp3) is 0.143. The molecule has 0 atom stereocenters. The topological polar surface area (TPSA) is 12.0 Å². The van der Waals surface area contributed by atoms with Gasteiger partial charge in [0.1, 0.15) is 5.82 Å². The van der Waals surface area contributed by atoms with Gasteiger partial charge >= 0.3 is 6.18 Å². The summed E-state index contributed by atoms with van der Waals surface area (Å²) in [6, 6.07) is 9.77. The van der Waals surface area contributed by atoms with E-state index in [-0.39, 0.29) is 5.56 Å². The maximum absolute atomic E-state index is 13.9. The van der Waals surface area contributed by atoms with Gasteiger partial charge in [-0.25, -0.2) is 4.39 Å². The summed E-state index contributed by atoms with van der Waals surface area (Å²) in [5.74, 6) is -1.24. The van der Waals surface area contributed by atoms with Crippen LogP contribution in [0.2, 0.25) is 0 Å². The fourth-order valence-corrected chi connectivity index (χ4v) is 1.79. The van der Waals surface area contributed by atoms with Crippen LogP contribution in [0, 0.1) is 5.82 Å². The summed E-state index contributed by atoms with van der Waals surface area (Å²) >= 11 is 0. The van der Waals surface area contributed by atoms with E-state index in [0.29, 0.717) is 5.56 Å². The van der Waals surface area contributed by atoms with Crippen LogP contribution in [0.4, 0.5) is 23.2 Å². The SMILES string of the molecule is CNc1ccc(-c2cccc(C(F)(F)F)c2F)cc1. The second kappa shape index (κ2) is 4.91. The van der Waals surface area contributed by atoms with Crippen LogP contribution in [0.1, 0.15) is 5.56 Å². The van der Waals surface area contributed by atoms with Crippen LogP contribution < -0.4 is 5.32 Å². The van der Waals surface area contributed by atoms with E-state index in [9.17, 15) is 17.6 Å². The van der Waals surface area contributed by atoms with Crippen molar-refractivity contribution < 1.29 is 17.6 Å². The van der Waals surface area contributed by atoms with Crippen LogP contribution in [0.3, 0.4) is 0 Å². The quantitative estimate of drug-likeness (QED) is 0.788. The van der Waals surface area contributed by atoms with Crippen LogP contribution in [-0.2, 0) is 6.18 Å². The first-order chi connectivity index (χ1) is 8.93. The number of benzene rings is 2. The van der Waals surface area contributed by atoms with E-state index in [4.69, 9.17) is 0 Å². The molecule has 0 bridgehead atoms. The van der Waals surface area contributed by atoms with E-state index in [1.54, 1.807) is 31.3 Å². The molecule has 0 amide bonds. The highest BCUT2D eigenvalue weighted by molar-refractivity contribution is 5.67. The van der Waals surface area contributed by atoms with Crippen molar-refractivity contribution in [1.29, 1.82) is 0 Å². The van der Waals surface area contributed by atoms with Crippen molar-refractivity contribution >= 4 is 5.69 Å². The van der Waals surface area contributed by atoms with Crippen LogP contribution in [0.5, 0.6) is 0 Å². The van der Waals surface area contributed by atoms with Crippen molar-refractivity contribution in [1.82, 2.24) is 0 Å². The fourth-order valence-electron chi connectivity index (χ4n) is 1.79. The predicted molar refractivity (Wildman–Crippen MR) is 66.4 cm³/mol. The monoisotopic (exact) mass is 269 g/mol. The molecule has 19 heavy (non-hydrogen) atoms. The average molecular weight is 269 g/mol. The highest BCUT2D eigenvalue weighted by Gasteiger charge is 2.34. The highest BCUT2D eigenvalue weighted by atomic mass is 19.4. The molecule has 1 nitrogen and oxygen atoms in total. The van der Waals surface area contributed by atoms with Crippen molar-refractivity contribution in [3.05, 3.63) is 53.8 Å². The van der Waals surface area contributed by atoms with Crippen molar-refractivity contribution in [2.24, 2.45) is 0 Å². The number of anilines is 1. The summed E-state index contributed by atoms with van der Waals surface area (Å²) in [7, 11) is 1.72. The summed E-state index contributed by atoms with van der Waals surface area (Å²) in [6.45, 7) is 0.